The van der Waals surface area contributed by atoms with Gasteiger partial charge in [0.05, 0.1) is 22.1 Å². The van der Waals surface area contributed by atoms with Crippen molar-refractivity contribution in [3.8, 4) is 50.8 Å². The van der Waals surface area contributed by atoms with Crippen molar-refractivity contribution in [2.45, 2.75) is 0 Å². The van der Waals surface area contributed by atoms with Gasteiger partial charge in [-0.15, -0.1) is 0 Å². The molecule has 2 aromatic heterocycles. The molecule has 5 nitrogen and oxygen atoms in total. The lowest BCUT2D eigenvalue weighted by atomic mass is 10.0. The fraction of sp³-hybridized carbons (Fsp3) is 0. The van der Waals surface area contributed by atoms with Gasteiger partial charge >= 0.3 is 5.97 Å². The Bertz CT molecular complexity index is 3140. The Morgan fingerprint density at radius 3 is 1.14 bits per heavy atom. The number of aliphatic carboxylic acids is 1. The molecule has 2 heterocycles. The number of carboxylic acid groups (broad SMARTS) is 1. The highest BCUT2D eigenvalue weighted by molar-refractivity contribution is 6.13. The molecule has 0 amide bonds. The van der Waals surface area contributed by atoms with E-state index in [0.717, 1.165) is 55.3 Å². The van der Waals surface area contributed by atoms with E-state index in [2.05, 4.69) is 149 Å². The molecule has 0 saturated carbocycles. The molecule has 0 aliphatic heterocycles. The molecule has 0 saturated heterocycles. The van der Waals surface area contributed by atoms with E-state index >= 15 is 0 Å². The maximum Gasteiger partial charge on any atom is 0.346 e. The first kappa shape index (κ1) is 33.6. The normalized spacial score (nSPS) is 11.7. The van der Waals surface area contributed by atoms with E-state index in [1.807, 2.05) is 54.6 Å². The average molecular weight is 732 g/mol. The zero-order chi connectivity index (χ0) is 38.5. The van der Waals surface area contributed by atoms with Crippen molar-refractivity contribution in [1.29, 1.82) is 5.26 Å². The minimum atomic E-state index is -1.25. The van der Waals surface area contributed by atoms with Gasteiger partial charge < -0.3 is 14.2 Å². The van der Waals surface area contributed by atoms with Gasteiger partial charge in [-0.25, -0.2) is 4.79 Å². The van der Waals surface area contributed by atoms with Crippen LogP contribution in [0.5, 0.6) is 0 Å². The minimum absolute atomic E-state index is 0.309. The number of aromatic nitrogens is 2. The lowest BCUT2D eigenvalue weighted by Crippen LogP contribution is -1.98. The summed E-state index contributed by atoms with van der Waals surface area (Å²) in [5.74, 6) is -1.25. The third-order valence-electron chi connectivity index (χ3n) is 10.9. The number of carbonyl (C=O) groups is 1. The van der Waals surface area contributed by atoms with Gasteiger partial charge in [0, 0.05) is 32.9 Å². The van der Waals surface area contributed by atoms with E-state index in [0.29, 0.717) is 5.56 Å². The van der Waals surface area contributed by atoms with Crippen LogP contribution >= 0.6 is 0 Å². The molecule has 0 bridgehead atoms. The quantitative estimate of drug-likeness (QED) is 0.131. The summed E-state index contributed by atoms with van der Waals surface area (Å²) in [6, 6.07) is 67.7. The van der Waals surface area contributed by atoms with Crippen LogP contribution in [0.4, 0.5) is 0 Å². The van der Waals surface area contributed by atoms with E-state index in [1.165, 1.54) is 39.1 Å². The molecular weight excluding hydrogens is 699 g/mol. The number of hydrogen-bond acceptors (Lipinski definition) is 2. The first-order valence-corrected chi connectivity index (χ1v) is 18.8. The summed E-state index contributed by atoms with van der Waals surface area (Å²) in [7, 11) is 0. The average Bonchev–Trinajstić information content (AvgIpc) is 3.77. The second kappa shape index (κ2) is 13.7. The summed E-state index contributed by atoms with van der Waals surface area (Å²) < 4.78 is 4.60. The Labute approximate surface area is 328 Å². The van der Waals surface area contributed by atoms with Gasteiger partial charge in [0.15, 0.2) is 0 Å². The van der Waals surface area contributed by atoms with Crippen molar-refractivity contribution in [1.82, 2.24) is 9.13 Å². The van der Waals surface area contributed by atoms with Gasteiger partial charge in [0.2, 0.25) is 0 Å². The Morgan fingerprint density at radius 1 is 0.439 bits per heavy atom. The molecule has 8 aromatic carbocycles. The second-order valence-electron chi connectivity index (χ2n) is 14.2. The van der Waals surface area contributed by atoms with Gasteiger partial charge in [0.25, 0.3) is 0 Å². The van der Waals surface area contributed by atoms with Crippen LogP contribution in [0.25, 0.3) is 94.4 Å². The molecule has 5 heteroatoms. The lowest BCUT2D eigenvalue weighted by Gasteiger charge is -2.12. The van der Waals surface area contributed by atoms with Crippen LogP contribution in [0.2, 0.25) is 0 Å². The molecule has 0 aliphatic carbocycles. The van der Waals surface area contributed by atoms with Crippen molar-refractivity contribution in [3.63, 3.8) is 0 Å². The van der Waals surface area contributed by atoms with Crippen LogP contribution < -0.4 is 0 Å². The smallest absolute Gasteiger partial charge is 0.346 e. The van der Waals surface area contributed by atoms with Crippen LogP contribution in [0.15, 0.2) is 194 Å². The molecular formula is C52H33N3O2. The van der Waals surface area contributed by atoms with Crippen molar-refractivity contribution < 1.29 is 9.90 Å². The highest BCUT2D eigenvalue weighted by atomic mass is 16.4. The Morgan fingerprint density at radius 2 is 0.789 bits per heavy atom. The highest BCUT2D eigenvalue weighted by Gasteiger charge is 2.18. The van der Waals surface area contributed by atoms with Crippen molar-refractivity contribution in [2.75, 3.05) is 0 Å². The summed E-state index contributed by atoms with van der Waals surface area (Å²) in [4.78, 5) is 11.7. The summed E-state index contributed by atoms with van der Waals surface area (Å²) in [5.41, 5.74) is 13.6. The number of nitrogens with zero attached hydrogens (tertiary/aromatic N) is 3. The van der Waals surface area contributed by atoms with Crippen molar-refractivity contribution in [3.05, 3.63) is 199 Å². The fourth-order valence-electron chi connectivity index (χ4n) is 8.20. The third kappa shape index (κ3) is 5.85. The Kier molecular flexibility index (Phi) is 8.09. The van der Waals surface area contributed by atoms with Gasteiger partial charge in [-0.2, -0.15) is 5.26 Å². The second-order valence-corrected chi connectivity index (χ2v) is 14.2. The number of carboxylic acids is 1. The standard InChI is InChI=1S/C52H33N3O2/c53-33-41(52(56)57)28-34-16-24-48-44(29-34)45-30-38(35-10-4-1-5-11-35)17-25-49(45)54(48)42-20-22-43(23-21-42)55-50-26-18-39(36-12-6-2-7-13-36)31-46(50)47-32-40(19-27-51(47)55)37-14-8-3-9-15-37/h1-32H,(H,56,57). The molecule has 0 unspecified atom stereocenters. The van der Waals surface area contributed by atoms with Crippen LogP contribution in [-0.4, -0.2) is 20.2 Å². The van der Waals surface area contributed by atoms with Gasteiger partial charge in [-0.1, -0.05) is 115 Å². The number of rotatable bonds is 7. The SMILES string of the molecule is N#CC(=Cc1ccc2c(c1)c1cc(-c3ccccc3)ccc1n2-c1ccc(-n2c3ccc(-c4ccccc4)cc3c3cc(-c4ccccc4)ccc32)cc1)C(=O)O. The summed E-state index contributed by atoms with van der Waals surface area (Å²) in [6.45, 7) is 0. The first-order chi connectivity index (χ1) is 28.0. The number of hydrogen-bond donors (Lipinski definition) is 1. The molecule has 1 N–H and O–H groups in total. The Balaban J connectivity index is 1.14. The molecule has 0 fully saturated rings. The summed E-state index contributed by atoms with van der Waals surface area (Å²) in [6.07, 6.45) is 1.43. The van der Waals surface area contributed by atoms with Crippen LogP contribution in [0, 0.1) is 11.3 Å². The largest absolute Gasteiger partial charge is 0.477 e. The summed E-state index contributed by atoms with van der Waals surface area (Å²) in [5, 5.41) is 23.4. The third-order valence-corrected chi connectivity index (χ3v) is 10.9. The van der Waals surface area contributed by atoms with Crippen LogP contribution in [0.1, 0.15) is 5.56 Å². The highest BCUT2D eigenvalue weighted by Crippen LogP contribution is 2.39. The van der Waals surface area contributed by atoms with E-state index in [9.17, 15) is 15.2 Å². The van der Waals surface area contributed by atoms with Gasteiger partial charge in [0.1, 0.15) is 11.6 Å². The molecule has 10 aromatic rings. The lowest BCUT2D eigenvalue weighted by molar-refractivity contribution is -0.132. The zero-order valence-corrected chi connectivity index (χ0v) is 30.7. The topological polar surface area (TPSA) is 71.0 Å². The van der Waals surface area contributed by atoms with Crippen LogP contribution in [0.3, 0.4) is 0 Å². The van der Waals surface area contributed by atoms with E-state index < -0.39 is 5.97 Å². The molecule has 57 heavy (non-hydrogen) atoms. The fourth-order valence-corrected chi connectivity index (χ4v) is 8.20. The maximum atomic E-state index is 11.7. The monoisotopic (exact) mass is 731 g/mol. The van der Waals surface area contributed by atoms with Crippen molar-refractivity contribution in [2.24, 2.45) is 0 Å². The zero-order valence-electron chi connectivity index (χ0n) is 30.7. The first-order valence-electron chi connectivity index (χ1n) is 18.8. The number of nitriles is 1. The van der Waals surface area contributed by atoms with Gasteiger partial charge in [-0.05, 0) is 118 Å². The summed E-state index contributed by atoms with van der Waals surface area (Å²) >= 11 is 0. The molecule has 268 valence electrons. The maximum absolute atomic E-state index is 11.7. The van der Waals surface area contributed by atoms with Crippen LogP contribution in [-0.2, 0) is 4.79 Å². The molecule has 0 aliphatic rings. The minimum Gasteiger partial charge on any atom is -0.477 e. The van der Waals surface area contributed by atoms with E-state index in [1.54, 1.807) is 0 Å². The molecule has 0 atom stereocenters. The van der Waals surface area contributed by atoms with E-state index in [4.69, 9.17) is 0 Å². The van der Waals surface area contributed by atoms with Gasteiger partial charge in [-0.3, -0.25) is 0 Å². The molecule has 0 spiro atoms. The predicted octanol–water partition coefficient (Wildman–Crippen LogP) is 12.9. The molecule has 0 radical (unpaired) electrons. The molecule has 10 rings (SSSR count). The van der Waals surface area contributed by atoms with E-state index in [-0.39, 0.29) is 5.57 Å². The number of fused-ring (bicyclic) bond motifs is 6. The number of benzene rings is 8. The Hall–Kier alpha value is -7.94. The predicted molar refractivity (Wildman–Crippen MR) is 233 cm³/mol. The van der Waals surface area contributed by atoms with Crippen molar-refractivity contribution >= 4 is 55.7 Å².